The fourth-order valence-corrected chi connectivity index (χ4v) is 4.32. The summed E-state index contributed by atoms with van der Waals surface area (Å²) >= 11 is 1.60. The van der Waals surface area contributed by atoms with Gasteiger partial charge in [-0.25, -0.2) is 4.39 Å². The van der Waals surface area contributed by atoms with Crippen molar-refractivity contribution in [2.45, 2.75) is 38.2 Å². The first-order chi connectivity index (χ1) is 13.1. The van der Waals surface area contributed by atoms with Crippen LogP contribution in [0, 0.1) is 11.7 Å². The van der Waals surface area contributed by atoms with Crippen molar-refractivity contribution in [1.29, 1.82) is 0 Å². The number of benzene rings is 1. The van der Waals surface area contributed by atoms with Crippen LogP contribution in [0.1, 0.15) is 37.2 Å². The van der Waals surface area contributed by atoms with Crippen LogP contribution in [-0.2, 0) is 6.54 Å². The largest absolute Gasteiger partial charge is 0.493 e. The van der Waals surface area contributed by atoms with E-state index in [0.717, 1.165) is 23.6 Å². The predicted octanol–water partition coefficient (Wildman–Crippen LogP) is 4.73. The Labute approximate surface area is 162 Å². The van der Waals surface area contributed by atoms with Gasteiger partial charge in [0, 0.05) is 24.5 Å². The smallest absolute Gasteiger partial charge is 0.256 e. The van der Waals surface area contributed by atoms with Gasteiger partial charge in [0.15, 0.2) is 5.50 Å². The Bertz CT molecular complexity index is 890. The topological polar surface area (TPSA) is 34.5 Å². The molecule has 6 heteroatoms. The minimum absolute atomic E-state index is 0.0800. The van der Waals surface area contributed by atoms with Crippen LogP contribution in [0.4, 0.5) is 4.39 Å². The molecule has 1 aromatic carbocycles. The number of aromatic nitrogens is 1. The lowest BCUT2D eigenvalue weighted by Gasteiger charge is -2.29. The van der Waals surface area contributed by atoms with Crippen LogP contribution in [0.3, 0.4) is 0 Å². The maximum atomic E-state index is 13.2. The van der Waals surface area contributed by atoms with Crippen LogP contribution in [0.15, 0.2) is 58.5 Å². The fraction of sp³-hybridized carbons (Fsp3) is 0.381. The molecule has 0 amide bonds. The average Bonchev–Trinajstić information content (AvgIpc) is 3.41. The number of nitrogens with zero attached hydrogens (tertiary/aromatic N) is 2. The van der Waals surface area contributed by atoms with Crippen molar-refractivity contribution in [3.8, 4) is 5.75 Å². The monoisotopic (exact) mass is 386 g/mol. The van der Waals surface area contributed by atoms with E-state index < -0.39 is 0 Å². The van der Waals surface area contributed by atoms with Crippen molar-refractivity contribution in [3.05, 3.63) is 75.4 Å². The summed E-state index contributed by atoms with van der Waals surface area (Å²) in [6.07, 6.45) is 5.48. The van der Waals surface area contributed by atoms with Gasteiger partial charge in [0.05, 0.1) is 6.61 Å². The second kappa shape index (κ2) is 7.80. The molecule has 4 rings (SSSR count). The highest BCUT2D eigenvalue weighted by atomic mass is 32.2. The van der Waals surface area contributed by atoms with Gasteiger partial charge < -0.3 is 9.64 Å². The first-order valence-corrected chi connectivity index (χ1v) is 10.2. The predicted molar refractivity (Wildman–Crippen MR) is 106 cm³/mol. The van der Waals surface area contributed by atoms with Gasteiger partial charge in [0.1, 0.15) is 11.6 Å². The Morgan fingerprint density at radius 1 is 1.22 bits per heavy atom. The third kappa shape index (κ3) is 4.38. The van der Waals surface area contributed by atoms with Crippen molar-refractivity contribution in [1.82, 2.24) is 9.47 Å². The molecule has 1 saturated carbocycles. The third-order valence-corrected chi connectivity index (χ3v) is 6.20. The van der Waals surface area contributed by atoms with Crippen molar-refractivity contribution >= 4 is 11.8 Å². The number of ether oxygens (including phenoxy) is 1. The van der Waals surface area contributed by atoms with Gasteiger partial charge in [-0.1, -0.05) is 36.7 Å². The minimum Gasteiger partial charge on any atom is -0.493 e. The van der Waals surface area contributed by atoms with Gasteiger partial charge in [0.2, 0.25) is 0 Å². The molecule has 2 aromatic rings. The molecule has 4 nitrogen and oxygen atoms in total. The van der Waals surface area contributed by atoms with Crippen molar-refractivity contribution < 1.29 is 9.13 Å². The molecular formula is C21H23FN2O2S. The Morgan fingerprint density at radius 3 is 2.70 bits per heavy atom. The lowest BCUT2D eigenvalue weighted by atomic mass is 10.2. The second-order valence-electron chi connectivity index (χ2n) is 7.16. The third-order valence-electron chi connectivity index (χ3n) is 5.00. The SMILES string of the molecule is CC1=CSC(n2ccc(OCCC3CC3)cc2=O)N1Cc1ccc(F)cc1. The number of thioether (sulfide) groups is 1. The van der Waals surface area contributed by atoms with Gasteiger partial charge in [-0.2, -0.15) is 0 Å². The van der Waals surface area contributed by atoms with E-state index >= 15 is 0 Å². The molecule has 0 saturated heterocycles. The van der Waals surface area contributed by atoms with Gasteiger partial charge >= 0.3 is 0 Å². The van der Waals surface area contributed by atoms with E-state index in [9.17, 15) is 9.18 Å². The number of halogens is 1. The molecule has 0 spiro atoms. The zero-order chi connectivity index (χ0) is 18.8. The lowest BCUT2D eigenvalue weighted by Crippen LogP contribution is -2.32. The molecule has 1 atom stereocenters. The van der Waals surface area contributed by atoms with E-state index in [0.29, 0.717) is 18.9 Å². The maximum absolute atomic E-state index is 13.2. The Balaban J connectivity index is 1.47. The second-order valence-corrected chi connectivity index (χ2v) is 8.09. The summed E-state index contributed by atoms with van der Waals surface area (Å²) in [7, 11) is 0. The van der Waals surface area contributed by atoms with Crippen LogP contribution in [0.2, 0.25) is 0 Å². The summed E-state index contributed by atoms with van der Waals surface area (Å²) in [5.74, 6) is 1.20. The molecule has 2 heterocycles. The molecule has 2 aliphatic rings. The summed E-state index contributed by atoms with van der Waals surface area (Å²) in [4.78, 5) is 14.8. The Morgan fingerprint density at radius 2 is 2.00 bits per heavy atom. The van der Waals surface area contributed by atoms with Gasteiger partial charge in [-0.15, -0.1) is 0 Å². The molecule has 142 valence electrons. The van der Waals surface area contributed by atoms with Crippen LogP contribution in [-0.4, -0.2) is 16.1 Å². The zero-order valence-electron chi connectivity index (χ0n) is 15.3. The van der Waals surface area contributed by atoms with Crippen LogP contribution in [0.5, 0.6) is 5.75 Å². The van der Waals surface area contributed by atoms with E-state index in [1.54, 1.807) is 40.7 Å². The first kappa shape index (κ1) is 18.2. The Kier molecular flexibility index (Phi) is 5.25. The molecule has 1 unspecified atom stereocenters. The van der Waals surface area contributed by atoms with Gasteiger partial charge in [0.25, 0.3) is 5.56 Å². The molecule has 1 fully saturated rings. The van der Waals surface area contributed by atoms with E-state index in [4.69, 9.17) is 4.74 Å². The highest BCUT2D eigenvalue weighted by Crippen LogP contribution is 2.39. The fourth-order valence-electron chi connectivity index (χ4n) is 3.17. The number of hydrogen-bond acceptors (Lipinski definition) is 4. The molecule has 1 aromatic heterocycles. The highest BCUT2D eigenvalue weighted by molar-refractivity contribution is 8.02. The summed E-state index contributed by atoms with van der Waals surface area (Å²) in [6.45, 7) is 3.31. The molecular weight excluding hydrogens is 363 g/mol. The van der Waals surface area contributed by atoms with Crippen LogP contribution >= 0.6 is 11.8 Å². The highest BCUT2D eigenvalue weighted by Gasteiger charge is 2.27. The summed E-state index contributed by atoms with van der Waals surface area (Å²) in [6, 6.07) is 9.92. The zero-order valence-corrected chi connectivity index (χ0v) is 16.1. The first-order valence-electron chi connectivity index (χ1n) is 9.28. The van der Waals surface area contributed by atoms with E-state index in [1.807, 2.05) is 13.0 Å². The van der Waals surface area contributed by atoms with Gasteiger partial charge in [-0.05, 0) is 48.4 Å². The lowest BCUT2D eigenvalue weighted by molar-refractivity contribution is 0.262. The standard InChI is InChI=1S/C21H23FN2O2S/c1-15-14-27-21(24(15)13-17-4-6-18(22)7-5-17)23-10-8-19(12-20(23)25)26-11-9-16-2-3-16/h4-8,10,12,14,16,21H,2-3,9,11,13H2,1H3. The summed E-state index contributed by atoms with van der Waals surface area (Å²) < 4.78 is 20.6. The minimum atomic E-state index is -0.244. The number of allylic oxidation sites excluding steroid dienone is 1. The molecule has 0 bridgehead atoms. The van der Waals surface area contributed by atoms with E-state index in [-0.39, 0.29) is 16.9 Å². The summed E-state index contributed by atoms with van der Waals surface area (Å²) in [5.41, 5.74) is 1.86. The van der Waals surface area contributed by atoms with E-state index in [2.05, 4.69) is 10.3 Å². The van der Waals surface area contributed by atoms with Crippen LogP contribution in [0.25, 0.3) is 0 Å². The molecule has 1 aliphatic heterocycles. The maximum Gasteiger partial charge on any atom is 0.256 e. The number of hydrogen-bond donors (Lipinski definition) is 0. The normalized spacial score (nSPS) is 19.3. The van der Waals surface area contributed by atoms with Gasteiger partial charge in [-0.3, -0.25) is 9.36 Å². The van der Waals surface area contributed by atoms with Crippen LogP contribution < -0.4 is 10.3 Å². The average molecular weight is 386 g/mol. The summed E-state index contributed by atoms with van der Waals surface area (Å²) in [5, 5.41) is 2.06. The van der Waals surface area contributed by atoms with E-state index in [1.165, 1.54) is 25.0 Å². The quantitative estimate of drug-likeness (QED) is 0.689. The number of pyridine rings is 1. The van der Waals surface area contributed by atoms with Crippen molar-refractivity contribution in [3.63, 3.8) is 0 Å². The molecule has 0 radical (unpaired) electrons. The molecule has 0 N–H and O–H groups in total. The van der Waals surface area contributed by atoms with Crippen molar-refractivity contribution in [2.75, 3.05) is 6.61 Å². The molecule has 27 heavy (non-hydrogen) atoms. The van der Waals surface area contributed by atoms with Crippen molar-refractivity contribution in [2.24, 2.45) is 5.92 Å². The number of rotatable bonds is 7. The molecule has 1 aliphatic carbocycles. The Hall–Kier alpha value is -2.21.